The van der Waals surface area contributed by atoms with Gasteiger partial charge in [-0.3, -0.25) is 9.69 Å². The number of rotatable bonds is 7. The van der Waals surface area contributed by atoms with Gasteiger partial charge in [-0.2, -0.15) is 0 Å². The van der Waals surface area contributed by atoms with Gasteiger partial charge >= 0.3 is 0 Å². The second-order valence-corrected chi connectivity index (χ2v) is 11.7. The van der Waals surface area contributed by atoms with Gasteiger partial charge in [0.1, 0.15) is 11.6 Å². The van der Waals surface area contributed by atoms with Gasteiger partial charge in [-0.25, -0.2) is 4.39 Å². The summed E-state index contributed by atoms with van der Waals surface area (Å²) >= 11 is 12.4. The molecule has 1 saturated carbocycles. The number of piperidine rings is 1. The van der Waals surface area contributed by atoms with Crippen molar-refractivity contribution in [1.82, 2.24) is 9.80 Å². The average molecular weight is 534 g/mol. The third kappa shape index (κ3) is 5.69. The SMILES string of the molecule is CC(c1cc(Cl)cc(Cl)c1)N1CCC(COc2cc(F)c(C(=O)N3CCCC3C)cc2C2CC2)CC1. The Morgan fingerprint density at radius 2 is 1.72 bits per heavy atom. The molecule has 194 valence electrons. The summed E-state index contributed by atoms with van der Waals surface area (Å²) in [6.45, 7) is 7.43. The molecule has 36 heavy (non-hydrogen) atoms. The Kier molecular flexibility index (Phi) is 7.81. The summed E-state index contributed by atoms with van der Waals surface area (Å²) in [6.07, 6.45) is 6.13. The van der Waals surface area contributed by atoms with E-state index in [0.717, 1.165) is 62.7 Å². The molecule has 0 radical (unpaired) electrons. The lowest BCUT2D eigenvalue weighted by molar-refractivity contribution is 0.0742. The number of likely N-dealkylation sites (tertiary alicyclic amines) is 2. The first kappa shape index (κ1) is 25.8. The molecule has 0 spiro atoms. The number of amides is 1. The maximum atomic E-state index is 15.1. The van der Waals surface area contributed by atoms with Crippen LogP contribution in [0.15, 0.2) is 30.3 Å². The van der Waals surface area contributed by atoms with Crippen LogP contribution in [0.1, 0.15) is 85.8 Å². The van der Waals surface area contributed by atoms with Gasteiger partial charge in [0.05, 0.1) is 12.2 Å². The van der Waals surface area contributed by atoms with Crippen LogP contribution >= 0.6 is 23.2 Å². The van der Waals surface area contributed by atoms with Crippen molar-refractivity contribution in [3.05, 3.63) is 62.9 Å². The fourth-order valence-corrected chi connectivity index (χ4v) is 6.25. The molecule has 0 bridgehead atoms. The molecular weight excluding hydrogens is 498 g/mol. The predicted octanol–water partition coefficient (Wildman–Crippen LogP) is 7.49. The van der Waals surface area contributed by atoms with E-state index < -0.39 is 5.82 Å². The van der Waals surface area contributed by atoms with Crippen molar-refractivity contribution in [3.8, 4) is 5.75 Å². The van der Waals surface area contributed by atoms with Crippen LogP contribution in [0.2, 0.25) is 10.0 Å². The summed E-state index contributed by atoms with van der Waals surface area (Å²) in [4.78, 5) is 17.3. The van der Waals surface area contributed by atoms with Crippen molar-refractivity contribution < 1.29 is 13.9 Å². The van der Waals surface area contributed by atoms with Gasteiger partial charge in [-0.1, -0.05) is 23.2 Å². The monoisotopic (exact) mass is 532 g/mol. The van der Waals surface area contributed by atoms with E-state index >= 15 is 4.39 Å². The number of hydrogen-bond acceptors (Lipinski definition) is 3. The summed E-state index contributed by atoms with van der Waals surface area (Å²) in [5.74, 6) is 0.745. The van der Waals surface area contributed by atoms with Gasteiger partial charge in [-0.15, -0.1) is 0 Å². The highest BCUT2D eigenvalue weighted by Crippen LogP contribution is 2.45. The van der Waals surface area contributed by atoms with Crippen LogP contribution in [0, 0.1) is 11.7 Å². The van der Waals surface area contributed by atoms with Gasteiger partial charge in [0.2, 0.25) is 0 Å². The molecule has 2 aromatic rings. The second kappa shape index (κ2) is 10.9. The molecule has 2 heterocycles. The Bertz CT molecular complexity index is 1090. The van der Waals surface area contributed by atoms with Crippen molar-refractivity contribution in [2.45, 2.75) is 70.4 Å². The summed E-state index contributed by atoms with van der Waals surface area (Å²) in [6, 6.07) is 9.37. The summed E-state index contributed by atoms with van der Waals surface area (Å²) in [5.41, 5.74) is 2.32. The summed E-state index contributed by atoms with van der Waals surface area (Å²) in [5, 5.41) is 1.32. The zero-order chi connectivity index (χ0) is 25.4. The molecule has 2 aliphatic heterocycles. The van der Waals surface area contributed by atoms with Crippen LogP contribution in [0.25, 0.3) is 0 Å². The Labute approximate surface area is 223 Å². The van der Waals surface area contributed by atoms with Gasteiger partial charge in [0.25, 0.3) is 5.91 Å². The van der Waals surface area contributed by atoms with Crippen LogP contribution in [0.3, 0.4) is 0 Å². The van der Waals surface area contributed by atoms with Gasteiger partial charge in [-0.05, 0) is 113 Å². The number of carbonyl (C=O) groups excluding carboxylic acids is 1. The average Bonchev–Trinajstić information content (AvgIpc) is 3.61. The van der Waals surface area contributed by atoms with Crippen LogP contribution in [-0.2, 0) is 0 Å². The third-order valence-electron chi connectivity index (χ3n) is 8.20. The van der Waals surface area contributed by atoms with Crippen LogP contribution in [0.5, 0.6) is 5.75 Å². The van der Waals surface area contributed by atoms with Crippen LogP contribution in [0.4, 0.5) is 4.39 Å². The highest BCUT2D eigenvalue weighted by molar-refractivity contribution is 6.34. The highest BCUT2D eigenvalue weighted by Gasteiger charge is 2.33. The Morgan fingerprint density at radius 3 is 2.33 bits per heavy atom. The zero-order valence-electron chi connectivity index (χ0n) is 21.1. The zero-order valence-corrected chi connectivity index (χ0v) is 22.6. The minimum absolute atomic E-state index is 0.168. The lowest BCUT2D eigenvalue weighted by atomic mass is 9.95. The molecule has 3 aliphatic rings. The normalized spacial score (nSPS) is 22.1. The van der Waals surface area contributed by atoms with Crippen LogP contribution < -0.4 is 4.74 Å². The Balaban J connectivity index is 1.21. The molecule has 2 saturated heterocycles. The summed E-state index contributed by atoms with van der Waals surface area (Å²) in [7, 11) is 0. The quantitative estimate of drug-likeness (QED) is 0.370. The molecule has 0 aromatic heterocycles. The number of nitrogens with zero attached hydrogens (tertiary/aromatic N) is 2. The minimum atomic E-state index is -0.470. The number of ether oxygens (including phenoxy) is 1. The maximum Gasteiger partial charge on any atom is 0.257 e. The molecule has 3 fully saturated rings. The Hall–Kier alpha value is -1.82. The Morgan fingerprint density at radius 1 is 1.03 bits per heavy atom. The van der Waals surface area contributed by atoms with Gasteiger partial charge < -0.3 is 9.64 Å². The molecular formula is C29H35Cl2FN2O2. The predicted molar refractivity (Wildman–Crippen MR) is 143 cm³/mol. The molecule has 0 N–H and O–H groups in total. The van der Waals surface area contributed by atoms with Crippen molar-refractivity contribution in [2.24, 2.45) is 5.92 Å². The molecule has 5 rings (SSSR count). The molecule has 2 unspecified atom stereocenters. The number of benzene rings is 2. The van der Waals surface area contributed by atoms with Crippen molar-refractivity contribution in [2.75, 3.05) is 26.2 Å². The van der Waals surface area contributed by atoms with Crippen LogP contribution in [-0.4, -0.2) is 48.0 Å². The third-order valence-corrected chi connectivity index (χ3v) is 8.64. The molecule has 1 amide bonds. The number of hydrogen-bond donors (Lipinski definition) is 0. The lowest BCUT2D eigenvalue weighted by Crippen LogP contribution is -2.37. The first-order valence-electron chi connectivity index (χ1n) is 13.3. The number of halogens is 3. The largest absolute Gasteiger partial charge is 0.493 e. The van der Waals surface area contributed by atoms with E-state index in [2.05, 4.69) is 11.8 Å². The van der Waals surface area contributed by atoms with Gasteiger partial charge in [0, 0.05) is 34.7 Å². The van der Waals surface area contributed by atoms with E-state index in [1.807, 2.05) is 24.0 Å². The van der Waals surface area contributed by atoms with Crippen molar-refractivity contribution in [3.63, 3.8) is 0 Å². The van der Waals surface area contributed by atoms with E-state index in [9.17, 15) is 4.79 Å². The van der Waals surface area contributed by atoms with Crippen molar-refractivity contribution >= 4 is 29.1 Å². The smallest absolute Gasteiger partial charge is 0.257 e. The van der Waals surface area contributed by atoms with Crippen molar-refractivity contribution in [1.29, 1.82) is 0 Å². The standard InChI is InChI=1S/C29H35Cl2FN2O2/c1-18-4-3-9-34(18)29(35)26-15-25(21-5-6-21)28(16-27(26)32)36-17-20-7-10-33(11-8-20)19(2)22-12-23(30)14-24(31)13-22/h12-16,18-21H,3-11,17H2,1-2H3. The number of carbonyl (C=O) groups is 1. The first-order chi connectivity index (χ1) is 17.3. The van der Waals surface area contributed by atoms with Gasteiger partial charge in [0.15, 0.2) is 0 Å². The van der Waals surface area contributed by atoms with E-state index in [4.69, 9.17) is 27.9 Å². The fourth-order valence-electron chi connectivity index (χ4n) is 5.71. The lowest BCUT2D eigenvalue weighted by Gasteiger charge is -2.36. The molecule has 1 aliphatic carbocycles. The topological polar surface area (TPSA) is 32.8 Å². The summed E-state index contributed by atoms with van der Waals surface area (Å²) < 4.78 is 21.3. The molecule has 7 heteroatoms. The highest BCUT2D eigenvalue weighted by atomic mass is 35.5. The maximum absolute atomic E-state index is 15.1. The molecule has 4 nitrogen and oxygen atoms in total. The van der Waals surface area contributed by atoms with E-state index in [1.54, 1.807) is 12.1 Å². The minimum Gasteiger partial charge on any atom is -0.493 e. The molecule has 2 atom stereocenters. The fraction of sp³-hybridized carbons (Fsp3) is 0.552. The second-order valence-electron chi connectivity index (χ2n) is 10.8. The van der Waals surface area contributed by atoms with E-state index in [0.29, 0.717) is 40.8 Å². The van der Waals surface area contributed by atoms with E-state index in [1.165, 1.54) is 6.07 Å². The first-order valence-corrected chi connectivity index (χ1v) is 14.0. The van der Waals surface area contributed by atoms with E-state index in [-0.39, 0.29) is 23.6 Å². The molecule has 2 aromatic carbocycles.